The molecule has 2 aromatic carbocycles. The predicted molar refractivity (Wildman–Crippen MR) is 99.2 cm³/mol. The van der Waals surface area contributed by atoms with Crippen LogP contribution in [0.15, 0.2) is 51.4 Å². The summed E-state index contributed by atoms with van der Waals surface area (Å²) in [6.07, 6.45) is 0. The Morgan fingerprint density at radius 2 is 1.92 bits per heavy atom. The van der Waals surface area contributed by atoms with Crippen LogP contribution < -0.4 is 0 Å². The van der Waals surface area contributed by atoms with Gasteiger partial charge < -0.3 is 19.5 Å². The molecule has 3 rings (SSSR count). The van der Waals surface area contributed by atoms with E-state index in [4.69, 9.17) is 4.42 Å². The van der Waals surface area contributed by atoms with Crippen molar-refractivity contribution in [3.05, 3.63) is 63.8 Å². The highest BCUT2D eigenvalue weighted by Crippen LogP contribution is 2.29. The number of aliphatic carboxylic acids is 1. The second-order valence-electron chi connectivity index (χ2n) is 6.00. The first-order valence-corrected chi connectivity index (χ1v) is 8.56. The molecule has 134 valence electrons. The molecule has 26 heavy (non-hydrogen) atoms. The largest absolute Gasteiger partial charge is 0.508 e. The predicted octanol–water partition coefficient (Wildman–Crippen LogP) is 4.11. The molecule has 0 fully saturated rings. The van der Waals surface area contributed by atoms with Crippen molar-refractivity contribution in [2.24, 2.45) is 0 Å². The highest BCUT2D eigenvalue weighted by Gasteiger charge is 2.31. The van der Waals surface area contributed by atoms with Crippen molar-refractivity contribution in [1.82, 2.24) is 4.90 Å². The third-order valence-electron chi connectivity index (χ3n) is 4.11. The zero-order chi connectivity index (χ0) is 19.0. The number of aryl methyl sites for hydroxylation is 1. The minimum Gasteiger partial charge on any atom is -0.508 e. The van der Waals surface area contributed by atoms with Gasteiger partial charge in [-0.2, -0.15) is 0 Å². The van der Waals surface area contributed by atoms with Gasteiger partial charge >= 0.3 is 5.97 Å². The molecule has 0 radical (unpaired) electrons. The van der Waals surface area contributed by atoms with Gasteiger partial charge in [0.2, 0.25) is 0 Å². The van der Waals surface area contributed by atoms with Crippen LogP contribution in [-0.4, -0.2) is 34.0 Å². The van der Waals surface area contributed by atoms with Gasteiger partial charge in [-0.05, 0) is 48.4 Å². The summed E-state index contributed by atoms with van der Waals surface area (Å²) in [6.45, 7) is 1.86. The van der Waals surface area contributed by atoms with Gasteiger partial charge in [0.05, 0.1) is 0 Å². The van der Waals surface area contributed by atoms with Gasteiger partial charge in [0.1, 0.15) is 11.3 Å². The van der Waals surface area contributed by atoms with E-state index in [1.807, 2.05) is 19.1 Å². The number of hydrogen-bond donors (Lipinski definition) is 2. The van der Waals surface area contributed by atoms with E-state index in [0.717, 1.165) is 20.3 Å². The van der Waals surface area contributed by atoms with E-state index < -0.39 is 17.9 Å². The summed E-state index contributed by atoms with van der Waals surface area (Å²) in [5, 5.41) is 20.0. The Labute approximate surface area is 157 Å². The first-order valence-electron chi connectivity index (χ1n) is 7.76. The Balaban J connectivity index is 1.99. The van der Waals surface area contributed by atoms with E-state index in [0.29, 0.717) is 11.1 Å². The molecule has 0 saturated carbocycles. The number of rotatable bonds is 4. The molecule has 1 unspecified atom stereocenters. The summed E-state index contributed by atoms with van der Waals surface area (Å²) in [4.78, 5) is 25.6. The number of halogens is 1. The maximum Gasteiger partial charge on any atom is 0.331 e. The molecule has 1 heterocycles. The number of fused-ring (bicyclic) bond motifs is 1. The van der Waals surface area contributed by atoms with Crippen LogP contribution in [0.25, 0.3) is 11.0 Å². The lowest BCUT2D eigenvalue weighted by Gasteiger charge is -2.24. The van der Waals surface area contributed by atoms with Gasteiger partial charge in [-0.1, -0.05) is 28.1 Å². The van der Waals surface area contributed by atoms with E-state index in [9.17, 15) is 19.8 Å². The average Bonchev–Trinajstić information content (AvgIpc) is 2.98. The van der Waals surface area contributed by atoms with E-state index in [2.05, 4.69) is 15.9 Å². The number of phenolic OH excluding ortho intramolecular Hbond substituents is 1. The van der Waals surface area contributed by atoms with Crippen LogP contribution in [0.5, 0.6) is 5.75 Å². The van der Waals surface area contributed by atoms with Crippen molar-refractivity contribution in [2.45, 2.75) is 13.0 Å². The molecule has 2 N–H and O–H groups in total. The molecule has 0 aliphatic carbocycles. The third-order valence-corrected chi connectivity index (χ3v) is 4.56. The minimum absolute atomic E-state index is 0.0510. The van der Waals surface area contributed by atoms with E-state index in [-0.39, 0.29) is 11.5 Å². The molecule has 1 atom stereocenters. The van der Waals surface area contributed by atoms with Crippen molar-refractivity contribution in [3.8, 4) is 5.75 Å². The molecular weight excluding hydrogens is 402 g/mol. The summed E-state index contributed by atoms with van der Waals surface area (Å²) in [7, 11) is 1.39. The molecule has 0 spiro atoms. The highest BCUT2D eigenvalue weighted by atomic mass is 79.9. The number of furan rings is 1. The molecule has 0 bridgehead atoms. The van der Waals surface area contributed by atoms with Crippen LogP contribution in [0.1, 0.15) is 27.7 Å². The number of amides is 1. The maximum absolute atomic E-state index is 12.8. The van der Waals surface area contributed by atoms with Gasteiger partial charge in [-0.25, -0.2) is 4.79 Å². The van der Waals surface area contributed by atoms with Crippen LogP contribution in [0.3, 0.4) is 0 Å². The Bertz CT molecular complexity index is 1010. The summed E-state index contributed by atoms with van der Waals surface area (Å²) in [5.74, 6) is -1.79. The fourth-order valence-electron chi connectivity index (χ4n) is 2.91. The number of carboxylic acids is 1. The standard InChI is InChI=1S/C19H16BrNO5/c1-10-6-13(20)7-12-9-15(26-17(10)12)18(23)21(2)16(19(24)25)11-4-3-5-14(22)8-11/h3-9,16,22H,1-2H3,(H,24,25). The summed E-state index contributed by atoms with van der Waals surface area (Å²) in [6, 6.07) is 9.86. The normalized spacial score (nSPS) is 12.1. The fraction of sp³-hybridized carbons (Fsp3) is 0.158. The number of aromatic hydroxyl groups is 1. The van der Waals surface area contributed by atoms with Crippen molar-refractivity contribution < 1.29 is 24.2 Å². The van der Waals surface area contributed by atoms with E-state index >= 15 is 0 Å². The lowest BCUT2D eigenvalue weighted by atomic mass is 10.1. The van der Waals surface area contributed by atoms with Crippen molar-refractivity contribution >= 4 is 38.8 Å². The van der Waals surface area contributed by atoms with Gasteiger partial charge in [0.15, 0.2) is 11.8 Å². The molecule has 3 aromatic rings. The molecule has 7 heteroatoms. The molecule has 1 amide bonds. The zero-order valence-corrected chi connectivity index (χ0v) is 15.6. The van der Waals surface area contributed by atoms with Crippen molar-refractivity contribution in [1.29, 1.82) is 0 Å². The lowest BCUT2D eigenvalue weighted by Crippen LogP contribution is -2.35. The summed E-state index contributed by atoms with van der Waals surface area (Å²) < 4.78 is 6.53. The quantitative estimate of drug-likeness (QED) is 0.666. The molecule has 0 saturated heterocycles. The Kier molecular flexibility index (Phi) is 4.73. The number of phenols is 1. The summed E-state index contributed by atoms with van der Waals surface area (Å²) >= 11 is 3.40. The minimum atomic E-state index is -1.25. The highest BCUT2D eigenvalue weighted by molar-refractivity contribution is 9.10. The van der Waals surface area contributed by atoms with Crippen LogP contribution >= 0.6 is 15.9 Å². The topological polar surface area (TPSA) is 91.0 Å². The van der Waals surface area contributed by atoms with Gasteiger partial charge in [0.25, 0.3) is 5.91 Å². The van der Waals surface area contributed by atoms with E-state index in [1.54, 1.807) is 12.1 Å². The first kappa shape index (κ1) is 18.0. The average molecular weight is 418 g/mol. The molecule has 1 aromatic heterocycles. The Morgan fingerprint density at radius 1 is 1.19 bits per heavy atom. The number of carboxylic acid groups (broad SMARTS) is 1. The van der Waals surface area contributed by atoms with Crippen molar-refractivity contribution in [2.75, 3.05) is 7.05 Å². The summed E-state index contributed by atoms with van der Waals surface area (Å²) in [5.41, 5.74) is 1.73. The smallest absolute Gasteiger partial charge is 0.331 e. The Hall–Kier alpha value is -2.80. The van der Waals surface area contributed by atoms with Gasteiger partial charge in [-0.3, -0.25) is 4.79 Å². The first-order chi connectivity index (χ1) is 12.3. The van der Waals surface area contributed by atoms with E-state index in [1.165, 1.54) is 25.2 Å². The van der Waals surface area contributed by atoms with Crippen LogP contribution in [0, 0.1) is 6.92 Å². The number of hydrogen-bond acceptors (Lipinski definition) is 4. The number of nitrogens with zero attached hydrogens (tertiary/aromatic N) is 1. The zero-order valence-electron chi connectivity index (χ0n) is 14.1. The molecule has 0 aliphatic heterocycles. The van der Waals surface area contributed by atoms with Crippen molar-refractivity contribution in [3.63, 3.8) is 0 Å². The number of carbonyl (C=O) groups excluding carboxylic acids is 1. The monoisotopic (exact) mass is 417 g/mol. The SMILES string of the molecule is Cc1cc(Br)cc2cc(C(=O)N(C)C(C(=O)O)c3cccc(O)c3)oc12. The molecule has 6 nitrogen and oxygen atoms in total. The molecular formula is C19H16BrNO5. The number of benzene rings is 2. The van der Waals surface area contributed by atoms with Gasteiger partial charge in [0, 0.05) is 16.9 Å². The Morgan fingerprint density at radius 3 is 2.58 bits per heavy atom. The second-order valence-corrected chi connectivity index (χ2v) is 6.92. The maximum atomic E-state index is 12.8. The third kappa shape index (κ3) is 3.30. The van der Waals surface area contributed by atoms with Gasteiger partial charge in [-0.15, -0.1) is 0 Å². The molecule has 0 aliphatic rings. The fourth-order valence-corrected chi connectivity index (χ4v) is 3.50. The number of carbonyl (C=O) groups is 2. The van der Waals surface area contributed by atoms with Crippen LogP contribution in [0.4, 0.5) is 0 Å². The number of likely N-dealkylation sites (N-methyl/N-ethyl adjacent to an activating group) is 1. The second kappa shape index (κ2) is 6.84. The lowest BCUT2D eigenvalue weighted by molar-refractivity contribution is -0.142. The van der Waals surface area contributed by atoms with Crippen LogP contribution in [-0.2, 0) is 4.79 Å². The van der Waals surface area contributed by atoms with Crippen LogP contribution in [0.2, 0.25) is 0 Å².